The quantitative estimate of drug-likeness (QED) is 0.675. The van der Waals surface area contributed by atoms with Crippen molar-refractivity contribution in [2.24, 2.45) is 13.0 Å². The fraction of sp³-hybridized carbons (Fsp3) is 0.474. The largest absolute Gasteiger partial charge is 0.341 e. The van der Waals surface area contributed by atoms with Crippen molar-refractivity contribution in [3.8, 4) is 0 Å². The standard InChI is InChI=1S/C19H25BrN4O3S/c1-14-21-18(13-22(14)2)28(26,27)24-10-8-15(9-11-24)19(25)23(3)12-16-6-4-5-7-17(16)20/h4-7,13,15H,8-12H2,1-3H3. The van der Waals surface area contributed by atoms with Gasteiger partial charge in [-0.25, -0.2) is 13.4 Å². The number of carbonyl (C=O) groups excluding carboxylic acids is 1. The monoisotopic (exact) mass is 468 g/mol. The highest BCUT2D eigenvalue weighted by Crippen LogP contribution is 2.25. The van der Waals surface area contributed by atoms with E-state index in [4.69, 9.17) is 0 Å². The maximum Gasteiger partial charge on any atom is 0.262 e. The summed E-state index contributed by atoms with van der Waals surface area (Å²) in [6.07, 6.45) is 2.57. The Labute approximate surface area is 174 Å². The molecule has 0 radical (unpaired) electrons. The number of benzene rings is 1. The second-order valence-electron chi connectivity index (χ2n) is 7.20. The van der Waals surface area contributed by atoms with E-state index < -0.39 is 10.0 Å². The van der Waals surface area contributed by atoms with Crippen molar-refractivity contribution >= 4 is 31.9 Å². The van der Waals surface area contributed by atoms with Gasteiger partial charge in [-0.1, -0.05) is 34.1 Å². The van der Waals surface area contributed by atoms with E-state index in [1.807, 2.05) is 24.3 Å². The Balaban J connectivity index is 1.61. The van der Waals surface area contributed by atoms with E-state index in [1.165, 1.54) is 10.5 Å². The molecule has 3 rings (SSSR count). The molecule has 0 saturated carbocycles. The third-order valence-corrected chi connectivity index (χ3v) is 7.78. The molecular formula is C19H25BrN4O3S. The summed E-state index contributed by atoms with van der Waals surface area (Å²) >= 11 is 3.51. The minimum absolute atomic E-state index is 0.0569. The van der Waals surface area contributed by atoms with Gasteiger partial charge in [0.2, 0.25) is 5.91 Å². The van der Waals surface area contributed by atoms with Crippen molar-refractivity contribution < 1.29 is 13.2 Å². The van der Waals surface area contributed by atoms with Crippen LogP contribution in [0.4, 0.5) is 0 Å². The fourth-order valence-corrected chi connectivity index (χ4v) is 5.30. The first-order valence-electron chi connectivity index (χ1n) is 9.18. The molecule has 0 aliphatic carbocycles. The average Bonchev–Trinajstić information content (AvgIpc) is 3.02. The molecule has 0 bridgehead atoms. The number of halogens is 1. The van der Waals surface area contributed by atoms with E-state index in [1.54, 1.807) is 30.5 Å². The van der Waals surface area contributed by atoms with Gasteiger partial charge in [0, 0.05) is 50.3 Å². The van der Waals surface area contributed by atoms with Gasteiger partial charge < -0.3 is 9.47 Å². The van der Waals surface area contributed by atoms with Crippen molar-refractivity contribution in [3.05, 3.63) is 46.3 Å². The summed E-state index contributed by atoms with van der Waals surface area (Å²) in [6, 6.07) is 7.82. The minimum atomic E-state index is -3.62. The number of hydrogen-bond acceptors (Lipinski definition) is 4. The van der Waals surface area contributed by atoms with Gasteiger partial charge in [0.25, 0.3) is 10.0 Å². The smallest absolute Gasteiger partial charge is 0.262 e. The third-order valence-electron chi connectivity index (χ3n) is 5.24. The number of hydrogen-bond donors (Lipinski definition) is 0. The first-order chi connectivity index (χ1) is 13.2. The lowest BCUT2D eigenvalue weighted by atomic mass is 9.96. The molecule has 0 unspecified atom stereocenters. The zero-order valence-corrected chi connectivity index (χ0v) is 18.7. The Morgan fingerprint density at radius 3 is 2.50 bits per heavy atom. The molecule has 7 nitrogen and oxygen atoms in total. The van der Waals surface area contributed by atoms with Crippen molar-refractivity contribution in [2.75, 3.05) is 20.1 Å². The number of aromatic nitrogens is 2. The van der Waals surface area contributed by atoms with Crippen LogP contribution in [0.3, 0.4) is 0 Å². The molecular weight excluding hydrogens is 444 g/mol. The lowest BCUT2D eigenvalue weighted by molar-refractivity contribution is -0.135. The van der Waals surface area contributed by atoms with E-state index >= 15 is 0 Å². The summed E-state index contributed by atoms with van der Waals surface area (Å²) in [5.41, 5.74) is 1.05. The van der Waals surface area contributed by atoms with Crippen LogP contribution in [0.15, 0.2) is 40.0 Å². The summed E-state index contributed by atoms with van der Waals surface area (Å²) in [5, 5.41) is 0.0725. The summed E-state index contributed by atoms with van der Waals surface area (Å²) in [7, 11) is -0.0527. The van der Waals surface area contributed by atoms with Crippen molar-refractivity contribution in [3.63, 3.8) is 0 Å². The summed E-state index contributed by atoms with van der Waals surface area (Å²) < 4.78 is 29.7. The molecule has 1 amide bonds. The second-order valence-corrected chi connectivity index (χ2v) is 9.94. The molecule has 1 saturated heterocycles. The van der Waals surface area contributed by atoms with Gasteiger partial charge in [0.15, 0.2) is 5.03 Å². The Hall–Kier alpha value is -1.71. The molecule has 2 aromatic rings. The van der Waals surface area contributed by atoms with Crippen LogP contribution in [0.1, 0.15) is 24.2 Å². The number of imidazole rings is 1. The van der Waals surface area contributed by atoms with Gasteiger partial charge in [-0.05, 0) is 31.4 Å². The van der Waals surface area contributed by atoms with Gasteiger partial charge in [-0.15, -0.1) is 0 Å². The van der Waals surface area contributed by atoms with Crippen molar-refractivity contribution in [1.82, 2.24) is 18.8 Å². The summed E-state index contributed by atoms with van der Waals surface area (Å²) in [4.78, 5) is 18.7. The Morgan fingerprint density at radius 1 is 1.29 bits per heavy atom. The van der Waals surface area contributed by atoms with E-state index in [0.717, 1.165) is 10.0 Å². The molecule has 0 atom stereocenters. The SMILES string of the molecule is Cc1nc(S(=O)(=O)N2CCC(C(=O)N(C)Cc3ccccc3Br)CC2)cn1C. The highest BCUT2D eigenvalue weighted by atomic mass is 79.9. The van der Waals surface area contributed by atoms with Crippen LogP contribution in [-0.2, 0) is 28.4 Å². The van der Waals surface area contributed by atoms with Crippen LogP contribution >= 0.6 is 15.9 Å². The number of nitrogens with zero attached hydrogens (tertiary/aromatic N) is 4. The van der Waals surface area contributed by atoms with E-state index in [-0.39, 0.29) is 16.9 Å². The van der Waals surface area contributed by atoms with Crippen LogP contribution in [0.5, 0.6) is 0 Å². The predicted molar refractivity (Wildman–Crippen MR) is 110 cm³/mol. The summed E-state index contributed by atoms with van der Waals surface area (Å²) in [5.74, 6) is 0.545. The van der Waals surface area contributed by atoms with E-state index in [9.17, 15) is 13.2 Å². The molecule has 0 spiro atoms. The number of sulfonamides is 1. The van der Waals surface area contributed by atoms with Crippen LogP contribution < -0.4 is 0 Å². The van der Waals surface area contributed by atoms with Crippen LogP contribution in [-0.4, -0.2) is 53.2 Å². The van der Waals surface area contributed by atoms with Gasteiger partial charge in [-0.3, -0.25) is 4.79 Å². The average molecular weight is 469 g/mol. The Kier molecular flexibility index (Phi) is 6.26. The lowest BCUT2D eigenvalue weighted by Crippen LogP contribution is -2.43. The molecule has 1 aliphatic heterocycles. The number of amides is 1. The highest BCUT2D eigenvalue weighted by molar-refractivity contribution is 9.10. The fourth-order valence-electron chi connectivity index (χ4n) is 3.40. The number of piperidine rings is 1. The van der Waals surface area contributed by atoms with Crippen molar-refractivity contribution in [1.29, 1.82) is 0 Å². The van der Waals surface area contributed by atoms with E-state index in [0.29, 0.717) is 38.3 Å². The normalized spacial score (nSPS) is 16.3. The van der Waals surface area contributed by atoms with Crippen molar-refractivity contribution in [2.45, 2.75) is 31.3 Å². The first kappa shape index (κ1) is 21.0. The Morgan fingerprint density at radius 2 is 1.93 bits per heavy atom. The maximum absolute atomic E-state index is 12.8. The predicted octanol–water partition coefficient (Wildman–Crippen LogP) is 2.55. The Bertz CT molecular complexity index is 946. The maximum atomic E-state index is 12.8. The molecule has 1 aromatic carbocycles. The molecule has 152 valence electrons. The molecule has 1 fully saturated rings. The number of aryl methyl sites for hydroxylation is 2. The zero-order chi connectivity index (χ0) is 20.5. The molecule has 1 aromatic heterocycles. The molecule has 1 aliphatic rings. The van der Waals surface area contributed by atoms with Crippen LogP contribution in [0.25, 0.3) is 0 Å². The highest BCUT2D eigenvalue weighted by Gasteiger charge is 2.34. The van der Waals surface area contributed by atoms with Gasteiger partial charge in [0.1, 0.15) is 5.82 Å². The molecule has 2 heterocycles. The third kappa shape index (κ3) is 4.31. The topological polar surface area (TPSA) is 75.5 Å². The van der Waals surface area contributed by atoms with Crippen LogP contribution in [0.2, 0.25) is 0 Å². The van der Waals surface area contributed by atoms with E-state index in [2.05, 4.69) is 20.9 Å². The number of rotatable bonds is 5. The van der Waals surface area contributed by atoms with Gasteiger partial charge >= 0.3 is 0 Å². The van der Waals surface area contributed by atoms with Gasteiger partial charge in [-0.2, -0.15) is 4.31 Å². The molecule has 28 heavy (non-hydrogen) atoms. The van der Waals surface area contributed by atoms with Crippen LogP contribution in [0, 0.1) is 12.8 Å². The minimum Gasteiger partial charge on any atom is -0.341 e. The number of carbonyl (C=O) groups is 1. The lowest BCUT2D eigenvalue weighted by Gasteiger charge is -2.32. The molecule has 9 heteroatoms. The molecule has 0 N–H and O–H groups in total. The zero-order valence-electron chi connectivity index (χ0n) is 16.3. The van der Waals surface area contributed by atoms with Gasteiger partial charge in [0.05, 0.1) is 0 Å². The summed E-state index contributed by atoms with van der Waals surface area (Å²) in [6.45, 7) is 2.95. The second kappa shape index (κ2) is 8.34. The first-order valence-corrected chi connectivity index (χ1v) is 11.4.